The molecule has 1 rings (SSSR count). The molecule has 94 valence electrons. The lowest BCUT2D eigenvalue weighted by Crippen LogP contribution is -2.33. The lowest BCUT2D eigenvalue weighted by molar-refractivity contribution is -0.125. The molecule has 0 spiro atoms. The summed E-state index contributed by atoms with van der Waals surface area (Å²) in [6, 6.07) is 10.2. The Hall–Kier alpha value is -1.31. The zero-order valence-electron chi connectivity index (χ0n) is 11.1. The first-order valence-corrected chi connectivity index (χ1v) is 6.46. The van der Waals surface area contributed by atoms with Gasteiger partial charge in [-0.05, 0) is 17.9 Å². The van der Waals surface area contributed by atoms with E-state index in [2.05, 4.69) is 31.3 Å². The van der Waals surface area contributed by atoms with Crippen molar-refractivity contribution in [3.63, 3.8) is 0 Å². The predicted octanol–water partition coefficient (Wildman–Crippen LogP) is 3.03. The van der Waals surface area contributed by atoms with Crippen LogP contribution in [0.3, 0.4) is 0 Å². The van der Waals surface area contributed by atoms with E-state index in [0.717, 1.165) is 19.4 Å². The molecular weight excluding hydrogens is 210 g/mol. The molecule has 0 saturated carbocycles. The predicted molar refractivity (Wildman–Crippen MR) is 71.8 cm³/mol. The normalized spacial score (nSPS) is 14.1. The summed E-state index contributed by atoms with van der Waals surface area (Å²) in [6.45, 7) is 6.98. The Balaban J connectivity index is 2.29. The quantitative estimate of drug-likeness (QED) is 0.804. The highest BCUT2D eigenvalue weighted by atomic mass is 16.1. The van der Waals surface area contributed by atoms with E-state index >= 15 is 0 Å². The van der Waals surface area contributed by atoms with Gasteiger partial charge in [0.05, 0.1) is 0 Å². The van der Waals surface area contributed by atoms with Crippen molar-refractivity contribution in [3.05, 3.63) is 35.9 Å². The summed E-state index contributed by atoms with van der Waals surface area (Å²) in [6.07, 6.45) is 1.95. The van der Waals surface area contributed by atoms with Crippen LogP contribution in [0.1, 0.15) is 32.8 Å². The Morgan fingerprint density at radius 3 is 2.47 bits per heavy atom. The monoisotopic (exact) mass is 233 g/mol. The second kappa shape index (κ2) is 7.10. The number of carbonyl (C=O) groups excluding carboxylic acids is 1. The molecule has 0 aliphatic carbocycles. The molecule has 0 unspecified atom stereocenters. The summed E-state index contributed by atoms with van der Waals surface area (Å²) in [4.78, 5) is 11.8. The maximum atomic E-state index is 11.8. The lowest BCUT2D eigenvalue weighted by Gasteiger charge is -2.17. The van der Waals surface area contributed by atoms with Gasteiger partial charge in [-0.1, -0.05) is 57.5 Å². The first-order chi connectivity index (χ1) is 8.15. The number of hydrogen-bond acceptors (Lipinski definition) is 1. The molecule has 1 aromatic carbocycles. The number of amides is 1. The standard InChI is InChI=1S/C15H23NO/c1-4-12(2)13(3)15(17)16-11-10-14-8-6-5-7-9-14/h5-9,12-13H,4,10-11H2,1-3H3,(H,16,17)/t12-,13-/m0/s1. The summed E-state index contributed by atoms with van der Waals surface area (Å²) >= 11 is 0. The highest BCUT2D eigenvalue weighted by Gasteiger charge is 2.17. The highest BCUT2D eigenvalue weighted by molar-refractivity contribution is 5.78. The summed E-state index contributed by atoms with van der Waals surface area (Å²) in [5.41, 5.74) is 1.27. The fourth-order valence-corrected chi connectivity index (χ4v) is 1.75. The van der Waals surface area contributed by atoms with E-state index in [-0.39, 0.29) is 11.8 Å². The van der Waals surface area contributed by atoms with Crippen LogP contribution < -0.4 is 5.32 Å². The molecule has 1 aromatic rings. The molecule has 0 radical (unpaired) electrons. The minimum absolute atomic E-state index is 0.107. The van der Waals surface area contributed by atoms with Crippen molar-refractivity contribution >= 4 is 5.91 Å². The number of nitrogens with one attached hydrogen (secondary N) is 1. The van der Waals surface area contributed by atoms with Gasteiger partial charge in [0.15, 0.2) is 0 Å². The third kappa shape index (κ3) is 4.59. The van der Waals surface area contributed by atoms with Gasteiger partial charge in [-0.15, -0.1) is 0 Å². The summed E-state index contributed by atoms with van der Waals surface area (Å²) in [7, 11) is 0. The summed E-state index contributed by atoms with van der Waals surface area (Å²) < 4.78 is 0. The smallest absolute Gasteiger partial charge is 0.223 e. The van der Waals surface area contributed by atoms with Gasteiger partial charge in [0.2, 0.25) is 5.91 Å². The zero-order valence-corrected chi connectivity index (χ0v) is 11.1. The first-order valence-electron chi connectivity index (χ1n) is 6.46. The number of rotatable bonds is 6. The average Bonchev–Trinajstić information content (AvgIpc) is 2.38. The van der Waals surface area contributed by atoms with E-state index in [1.165, 1.54) is 5.56 Å². The topological polar surface area (TPSA) is 29.1 Å². The second-order valence-corrected chi connectivity index (χ2v) is 4.70. The Bertz CT molecular complexity index is 334. The van der Waals surface area contributed by atoms with E-state index < -0.39 is 0 Å². The van der Waals surface area contributed by atoms with Gasteiger partial charge in [-0.3, -0.25) is 4.79 Å². The molecule has 0 saturated heterocycles. The van der Waals surface area contributed by atoms with Crippen molar-refractivity contribution < 1.29 is 4.79 Å². The van der Waals surface area contributed by atoms with Crippen molar-refractivity contribution in [2.45, 2.75) is 33.6 Å². The SMILES string of the molecule is CC[C@H](C)[C@H](C)C(=O)NCCc1ccccc1. The van der Waals surface area contributed by atoms with Gasteiger partial charge in [0.1, 0.15) is 0 Å². The number of benzene rings is 1. The number of hydrogen-bond donors (Lipinski definition) is 1. The van der Waals surface area contributed by atoms with E-state index in [1.807, 2.05) is 25.1 Å². The summed E-state index contributed by atoms with van der Waals surface area (Å²) in [5.74, 6) is 0.734. The Kier molecular flexibility index (Phi) is 5.75. The van der Waals surface area contributed by atoms with Crippen LogP contribution >= 0.6 is 0 Å². The molecule has 1 amide bonds. The van der Waals surface area contributed by atoms with Crippen LogP contribution in [-0.2, 0) is 11.2 Å². The molecule has 0 aliphatic heterocycles. The van der Waals surface area contributed by atoms with Crippen LogP contribution in [0.25, 0.3) is 0 Å². The molecule has 0 heterocycles. The van der Waals surface area contributed by atoms with E-state index in [1.54, 1.807) is 0 Å². The Morgan fingerprint density at radius 1 is 1.24 bits per heavy atom. The molecule has 0 aliphatic rings. The largest absolute Gasteiger partial charge is 0.356 e. The van der Waals surface area contributed by atoms with Crippen molar-refractivity contribution in [2.75, 3.05) is 6.54 Å². The Morgan fingerprint density at radius 2 is 1.88 bits per heavy atom. The molecule has 1 N–H and O–H groups in total. The molecule has 0 fully saturated rings. The van der Waals surface area contributed by atoms with Gasteiger partial charge in [-0.25, -0.2) is 0 Å². The third-order valence-corrected chi connectivity index (χ3v) is 3.47. The molecule has 17 heavy (non-hydrogen) atoms. The fourth-order valence-electron chi connectivity index (χ4n) is 1.75. The van der Waals surface area contributed by atoms with Crippen LogP contribution in [0.4, 0.5) is 0 Å². The van der Waals surface area contributed by atoms with Crippen molar-refractivity contribution in [2.24, 2.45) is 11.8 Å². The van der Waals surface area contributed by atoms with E-state index in [0.29, 0.717) is 5.92 Å². The Labute approximate surface area is 104 Å². The molecule has 2 nitrogen and oxygen atoms in total. The maximum absolute atomic E-state index is 11.8. The number of carbonyl (C=O) groups is 1. The molecule has 2 heteroatoms. The second-order valence-electron chi connectivity index (χ2n) is 4.70. The van der Waals surface area contributed by atoms with E-state index in [4.69, 9.17) is 0 Å². The van der Waals surface area contributed by atoms with Gasteiger partial charge in [0.25, 0.3) is 0 Å². The van der Waals surface area contributed by atoms with Crippen molar-refractivity contribution in [1.82, 2.24) is 5.32 Å². The van der Waals surface area contributed by atoms with Crippen molar-refractivity contribution in [3.8, 4) is 0 Å². The van der Waals surface area contributed by atoms with Crippen LogP contribution in [0, 0.1) is 11.8 Å². The fraction of sp³-hybridized carbons (Fsp3) is 0.533. The maximum Gasteiger partial charge on any atom is 0.223 e. The summed E-state index contributed by atoms with van der Waals surface area (Å²) in [5, 5.41) is 3.01. The molecular formula is C15H23NO. The van der Waals surface area contributed by atoms with Crippen LogP contribution in [0.15, 0.2) is 30.3 Å². The molecule has 2 atom stereocenters. The molecule has 0 bridgehead atoms. The van der Waals surface area contributed by atoms with Crippen LogP contribution in [-0.4, -0.2) is 12.5 Å². The van der Waals surface area contributed by atoms with Gasteiger partial charge >= 0.3 is 0 Å². The average molecular weight is 233 g/mol. The minimum atomic E-state index is 0.107. The van der Waals surface area contributed by atoms with Gasteiger partial charge in [-0.2, -0.15) is 0 Å². The van der Waals surface area contributed by atoms with Crippen molar-refractivity contribution in [1.29, 1.82) is 0 Å². The highest BCUT2D eigenvalue weighted by Crippen LogP contribution is 2.14. The van der Waals surface area contributed by atoms with Crippen LogP contribution in [0.5, 0.6) is 0 Å². The van der Waals surface area contributed by atoms with Gasteiger partial charge in [0, 0.05) is 12.5 Å². The zero-order chi connectivity index (χ0) is 12.7. The lowest BCUT2D eigenvalue weighted by atomic mass is 9.93. The first kappa shape index (κ1) is 13.8. The molecule has 0 aromatic heterocycles. The van der Waals surface area contributed by atoms with Gasteiger partial charge < -0.3 is 5.32 Å². The minimum Gasteiger partial charge on any atom is -0.356 e. The van der Waals surface area contributed by atoms with E-state index in [9.17, 15) is 4.79 Å². The third-order valence-electron chi connectivity index (χ3n) is 3.47. The van der Waals surface area contributed by atoms with Crippen LogP contribution in [0.2, 0.25) is 0 Å².